The van der Waals surface area contributed by atoms with E-state index < -0.39 is 0 Å². The molecule has 3 nitrogen and oxygen atoms in total. The fraction of sp³-hybridized carbons (Fsp3) is 0.385. The van der Waals surface area contributed by atoms with Crippen molar-refractivity contribution in [2.75, 3.05) is 11.1 Å². The first-order valence-corrected chi connectivity index (χ1v) is 6.75. The highest BCUT2D eigenvalue weighted by molar-refractivity contribution is 8.00. The molecule has 1 atom stereocenters. The van der Waals surface area contributed by atoms with E-state index in [0.717, 1.165) is 24.3 Å². The number of rotatable bonds is 3. The Morgan fingerprint density at radius 3 is 2.53 bits per heavy atom. The van der Waals surface area contributed by atoms with Crippen molar-refractivity contribution < 1.29 is 9.59 Å². The third kappa shape index (κ3) is 3.09. The number of hydrogen-bond donors (Lipinski definition) is 1. The first-order chi connectivity index (χ1) is 8.16. The molecular weight excluding hydrogens is 234 g/mol. The summed E-state index contributed by atoms with van der Waals surface area (Å²) >= 11 is 1.71. The lowest BCUT2D eigenvalue weighted by atomic mass is 10.1. The van der Waals surface area contributed by atoms with E-state index in [2.05, 4.69) is 5.32 Å². The molecule has 90 valence electrons. The van der Waals surface area contributed by atoms with Crippen molar-refractivity contribution in [1.29, 1.82) is 0 Å². The van der Waals surface area contributed by atoms with E-state index in [1.165, 1.54) is 6.92 Å². The molecule has 0 spiro atoms. The number of hydrogen-bond acceptors (Lipinski definition) is 3. The predicted octanol–water partition coefficient (Wildman–Crippen LogP) is 2.72. The minimum atomic E-state index is 0.0363. The summed E-state index contributed by atoms with van der Waals surface area (Å²) in [5, 5.41) is 2.96. The summed E-state index contributed by atoms with van der Waals surface area (Å²) in [5.74, 6) is 1.18. The van der Waals surface area contributed by atoms with Gasteiger partial charge in [0.2, 0.25) is 5.91 Å². The van der Waals surface area contributed by atoms with Crippen molar-refractivity contribution in [3.05, 3.63) is 29.8 Å². The Morgan fingerprint density at radius 2 is 2.00 bits per heavy atom. The average Bonchev–Trinajstić information content (AvgIpc) is 2.83. The van der Waals surface area contributed by atoms with Gasteiger partial charge in [-0.25, -0.2) is 0 Å². The Kier molecular flexibility index (Phi) is 3.84. The lowest BCUT2D eigenvalue weighted by molar-refractivity contribution is -0.115. The molecule has 0 radical (unpaired) electrons. The van der Waals surface area contributed by atoms with Crippen molar-refractivity contribution in [2.45, 2.75) is 25.0 Å². The highest BCUT2D eigenvalue weighted by atomic mass is 32.2. The molecule has 1 amide bonds. The van der Waals surface area contributed by atoms with Crippen molar-refractivity contribution in [3.63, 3.8) is 0 Å². The number of amides is 1. The molecule has 0 saturated carbocycles. The van der Waals surface area contributed by atoms with E-state index in [-0.39, 0.29) is 16.9 Å². The van der Waals surface area contributed by atoms with Crippen molar-refractivity contribution >= 4 is 29.1 Å². The smallest absolute Gasteiger partial charge is 0.237 e. The van der Waals surface area contributed by atoms with E-state index in [1.54, 1.807) is 36.0 Å². The number of anilines is 1. The molecule has 1 aromatic rings. The van der Waals surface area contributed by atoms with Crippen molar-refractivity contribution in [2.24, 2.45) is 0 Å². The summed E-state index contributed by atoms with van der Waals surface area (Å²) in [6.45, 7) is 1.53. The average molecular weight is 249 g/mol. The van der Waals surface area contributed by atoms with E-state index in [0.29, 0.717) is 5.56 Å². The normalized spacial score (nSPS) is 19.0. The molecule has 2 rings (SSSR count). The Morgan fingerprint density at radius 1 is 1.29 bits per heavy atom. The van der Waals surface area contributed by atoms with Gasteiger partial charge in [-0.3, -0.25) is 9.59 Å². The fourth-order valence-corrected chi connectivity index (χ4v) is 2.96. The third-order valence-corrected chi connectivity index (χ3v) is 4.16. The first kappa shape index (κ1) is 12.2. The maximum Gasteiger partial charge on any atom is 0.237 e. The zero-order valence-corrected chi connectivity index (χ0v) is 10.5. The number of Topliss-reactive ketones (excluding diaryl/α,β-unsaturated/α-hetero) is 1. The molecule has 0 aromatic heterocycles. The zero-order valence-electron chi connectivity index (χ0n) is 9.73. The van der Waals surface area contributed by atoms with Crippen LogP contribution < -0.4 is 5.32 Å². The van der Waals surface area contributed by atoms with Crippen LogP contribution in [-0.2, 0) is 4.79 Å². The highest BCUT2D eigenvalue weighted by Gasteiger charge is 2.23. The summed E-state index contributed by atoms with van der Waals surface area (Å²) in [6, 6.07) is 7.02. The Balaban J connectivity index is 1.98. The second kappa shape index (κ2) is 5.36. The SMILES string of the molecule is CC(=O)c1ccc(NC(=O)C2CCCS2)cc1. The van der Waals surface area contributed by atoms with Crippen LogP contribution in [0.2, 0.25) is 0 Å². The maximum absolute atomic E-state index is 11.8. The molecule has 0 aliphatic carbocycles. The topological polar surface area (TPSA) is 46.2 Å². The number of carbonyl (C=O) groups is 2. The van der Waals surface area contributed by atoms with E-state index in [1.807, 2.05) is 0 Å². The van der Waals surface area contributed by atoms with Crippen LogP contribution in [0.3, 0.4) is 0 Å². The largest absolute Gasteiger partial charge is 0.325 e. The molecule has 1 aliphatic rings. The number of nitrogens with one attached hydrogen (secondary N) is 1. The van der Waals surface area contributed by atoms with Gasteiger partial charge in [-0.1, -0.05) is 0 Å². The molecular formula is C13H15NO2S. The van der Waals surface area contributed by atoms with Gasteiger partial charge in [0, 0.05) is 11.3 Å². The predicted molar refractivity (Wildman–Crippen MR) is 70.6 cm³/mol. The number of ketones is 1. The standard InChI is InChI=1S/C13H15NO2S/c1-9(15)10-4-6-11(7-5-10)14-13(16)12-3-2-8-17-12/h4-7,12H,2-3,8H2,1H3,(H,14,16). The summed E-state index contributed by atoms with van der Waals surface area (Å²) in [7, 11) is 0. The van der Waals surface area contributed by atoms with Gasteiger partial charge in [0.25, 0.3) is 0 Å². The minimum Gasteiger partial charge on any atom is -0.325 e. The number of carbonyl (C=O) groups excluding carboxylic acids is 2. The van der Waals surface area contributed by atoms with Gasteiger partial charge < -0.3 is 5.32 Å². The van der Waals surface area contributed by atoms with Crippen LogP contribution in [0.4, 0.5) is 5.69 Å². The molecule has 1 heterocycles. The lowest BCUT2D eigenvalue weighted by Gasteiger charge is -2.09. The lowest BCUT2D eigenvalue weighted by Crippen LogP contribution is -2.22. The van der Waals surface area contributed by atoms with Crippen LogP contribution in [-0.4, -0.2) is 22.7 Å². The molecule has 1 aromatic carbocycles. The van der Waals surface area contributed by atoms with Crippen molar-refractivity contribution in [1.82, 2.24) is 0 Å². The van der Waals surface area contributed by atoms with Gasteiger partial charge in [0.05, 0.1) is 5.25 Å². The van der Waals surface area contributed by atoms with Crippen LogP contribution in [0.5, 0.6) is 0 Å². The second-order valence-electron chi connectivity index (χ2n) is 4.12. The van der Waals surface area contributed by atoms with Gasteiger partial charge in [-0.05, 0) is 49.8 Å². The maximum atomic E-state index is 11.8. The van der Waals surface area contributed by atoms with Crippen LogP contribution >= 0.6 is 11.8 Å². The fourth-order valence-electron chi connectivity index (χ4n) is 1.80. The van der Waals surface area contributed by atoms with Gasteiger partial charge in [-0.15, -0.1) is 11.8 Å². The first-order valence-electron chi connectivity index (χ1n) is 5.70. The van der Waals surface area contributed by atoms with Crippen LogP contribution in [0.15, 0.2) is 24.3 Å². The Bertz CT molecular complexity index is 422. The molecule has 4 heteroatoms. The highest BCUT2D eigenvalue weighted by Crippen LogP contribution is 2.27. The van der Waals surface area contributed by atoms with E-state index in [9.17, 15) is 9.59 Å². The number of benzene rings is 1. The van der Waals surface area contributed by atoms with E-state index >= 15 is 0 Å². The van der Waals surface area contributed by atoms with E-state index in [4.69, 9.17) is 0 Å². The van der Waals surface area contributed by atoms with Crippen LogP contribution in [0.25, 0.3) is 0 Å². The number of thioether (sulfide) groups is 1. The molecule has 1 unspecified atom stereocenters. The molecule has 1 N–H and O–H groups in total. The second-order valence-corrected chi connectivity index (χ2v) is 5.44. The van der Waals surface area contributed by atoms with Crippen LogP contribution in [0, 0.1) is 0 Å². The Hall–Kier alpha value is -1.29. The Labute approximate surface area is 105 Å². The monoisotopic (exact) mass is 249 g/mol. The third-order valence-electron chi connectivity index (χ3n) is 2.78. The summed E-state index contributed by atoms with van der Waals surface area (Å²) in [6.07, 6.45) is 2.08. The minimum absolute atomic E-state index is 0.0363. The van der Waals surface area contributed by atoms with Gasteiger partial charge in [0.1, 0.15) is 0 Å². The molecule has 0 bridgehead atoms. The van der Waals surface area contributed by atoms with Crippen LogP contribution in [0.1, 0.15) is 30.1 Å². The van der Waals surface area contributed by atoms with Crippen molar-refractivity contribution in [3.8, 4) is 0 Å². The molecule has 1 fully saturated rings. The van der Waals surface area contributed by atoms with Gasteiger partial charge in [0.15, 0.2) is 5.78 Å². The summed E-state index contributed by atoms with van der Waals surface area (Å²) < 4.78 is 0. The zero-order chi connectivity index (χ0) is 12.3. The summed E-state index contributed by atoms with van der Waals surface area (Å²) in [5.41, 5.74) is 1.42. The molecule has 1 aliphatic heterocycles. The molecule has 1 saturated heterocycles. The summed E-state index contributed by atoms with van der Waals surface area (Å²) in [4.78, 5) is 22.9. The van der Waals surface area contributed by atoms with Gasteiger partial charge >= 0.3 is 0 Å². The molecule has 17 heavy (non-hydrogen) atoms. The quantitative estimate of drug-likeness (QED) is 0.838. The van der Waals surface area contributed by atoms with Gasteiger partial charge in [-0.2, -0.15) is 0 Å².